The van der Waals surface area contributed by atoms with Crippen LogP contribution in [0.5, 0.6) is 0 Å². The summed E-state index contributed by atoms with van der Waals surface area (Å²) in [4.78, 5) is 13.8. The van der Waals surface area contributed by atoms with Gasteiger partial charge in [-0.15, -0.1) is 0 Å². The predicted molar refractivity (Wildman–Crippen MR) is 82.1 cm³/mol. The summed E-state index contributed by atoms with van der Waals surface area (Å²) in [5.41, 5.74) is 1.67. The largest absolute Gasteiger partial charge is 0.343 e. The molecule has 1 rings (SSSR count). The van der Waals surface area contributed by atoms with E-state index in [2.05, 4.69) is 26.8 Å². The van der Waals surface area contributed by atoms with E-state index >= 15 is 0 Å². The lowest BCUT2D eigenvalue weighted by Gasteiger charge is -2.24. The van der Waals surface area contributed by atoms with Gasteiger partial charge in [0.15, 0.2) is 0 Å². The Morgan fingerprint density at radius 2 is 2.00 bits per heavy atom. The summed E-state index contributed by atoms with van der Waals surface area (Å²) in [5, 5.41) is 0. The molecule has 1 amide bonds. The van der Waals surface area contributed by atoms with Crippen LogP contribution in [-0.2, 0) is 4.79 Å². The maximum absolute atomic E-state index is 11.9. The van der Waals surface area contributed by atoms with Crippen molar-refractivity contribution in [3.05, 3.63) is 11.6 Å². The normalized spacial score (nSPS) is 19.1. The van der Waals surface area contributed by atoms with Crippen LogP contribution >= 0.6 is 0 Å². The van der Waals surface area contributed by atoms with E-state index in [4.69, 9.17) is 0 Å². The van der Waals surface area contributed by atoms with Gasteiger partial charge in [-0.1, -0.05) is 25.0 Å². The monoisotopic (exact) mass is 265 g/mol. The van der Waals surface area contributed by atoms with E-state index in [1.165, 1.54) is 38.5 Å². The smallest absolute Gasteiger partial charge is 0.222 e. The van der Waals surface area contributed by atoms with E-state index in [1.54, 1.807) is 5.57 Å². The molecule has 0 saturated carbocycles. The highest BCUT2D eigenvalue weighted by Crippen LogP contribution is 2.31. The van der Waals surface area contributed by atoms with Crippen LogP contribution in [-0.4, -0.2) is 23.9 Å². The van der Waals surface area contributed by atoms with Gasteiger partial charge in [-0.05, 0) is 58.3 Å². The topological polar surface area (TPSA) is 20.3 Å². The number of hydrogen-bond donors (Lipinski definition) is 0. The van der Waals surface area contributed by atoms with Crippen molar-refractivity contribution in [2.24, 2.45) is 5.92 Å². The van der Waals surface area contributed by atoms with Crippen LogP contribution in [0.15, 0.2) is 11.6 Å². The van der Waals surface area contributed by atoms with Gasteiger partial charge in [0.2, 0.25) is 5.91 Å². The minimum absolute atomic E-state index is 0.333. The summed E-state index contributed by atoms with van der Waals surface area (Å²) in [6.45, 7) is 8.08. The molecule has 0 saturated heterocycles. The Balaban J connectivity index is 2.21. The molecule has 0 aromatic rings. The van der Waals surface area contributed by atoms with Crippen molar-refractivity contribution >= 4 is 5.91 Å². The highest BCUT2D eigenvalue weighted by Gasteiger charge is 2.16. The van der Waals surface area contributed by atoms with E-state index in [0.717, 1.165) is 31.8 Å². The standard InChI is InChI=1S/C17H31NO/c1-4-15-11-7-8-12-16(15)13-9-10-14-17(19)18(5-2)6-3/h11,16H,4-10,12-14H2,1-3H3. The first-order chi connectivity index (χ1) is 9.22. The maximum atomic E-state index is 11.9. The minimum atomic E-state index is 0.333. The van der Waals surface area contributed by atoms with E-state index in [0.29, 0.717) is 5.91 Å². The molecule has 0 spiro atoms. The molecule has 0 bridgehead atoms. The third-order valence-electron chi connectivity index (χ3n) is 4.41. The number of nitrogens with zero attached hydrogens (tertiary/aromatic N) is 1. The zero-order valence-corrected chi connectivity index (χ0v) is 13.1. The molecule has 0 fully saturated rings. The zero-order valence-electron chi connectivity index (χ0n) is 13.1. The van der Waals surface area contributed by atoms with Crippen molar-refractivity contribution < 1.29 is 4.79 Å². The summed E-state index contributed by atoms with van der Waals surface area (Å²) in [6.07, 6.45) is 11.9. The lowest BCUT2D eigenvalue weighted by atomic mass is 9.83. The fraction of sp³-hybridized carbons (Fsp3) is 0.824. The highest BCUT2D eigenvalue weighted by atomic mass is 16.2. The molecule has 0 aliphatic heterocycles. The van der Waals surface area contributed by atoms with Crippen LogP contribution in [0.4, 0.5) is 0 Å². The number of hydrogen-bond acceptors (Lipinski definition) is 1. The van der Waals surface area contributed by atoms with Crippen LogP contribution < -0.4 is 0 Å². The number of amides is 1. The molecule has 2 nitrogen and oxygen atoms in total. The number of rotatable bonds is 8. The molecule has 2 heteroatoms. The Bertz CT molecular complexity index is 292. The summed E-state index contributed by atoms with van der Waals surface area (Å²) in [6, 6.07) is 0. The highest BCUT2D eigenvalue weighted by molar-refractivity contribution is 5.76. The molecule has 1 aliphatic carbocycles. The summed E-state index contributed by atoms with van der Waals surface area (Å²) >= 11 is 0. The SMILES string of the molecule is CCC1=CCCCC1CCCCC(=O)N(CC)CC. The maximum Gasteiger partial charge on any atom is 0.222 e. The van der Waals surface area contributed by atoms with Gasteiger partial charge in [0, 0.05) is 19.5 Å². The van der Waals surface area contributed by atoms with Crippen LogP contribution in [0.3, 0.4) is 0 Å². The first kappa shape index (κ1) is 16.3. The van der Waals surface area contributed by atoms with Crippen LogP contribution in [0.25, 0.3) is 0 Å². The molecular weight excluding hydrogens is 234 g/mol. The number of carbonyl (C=O) groups excluding carboxylic acids is 1. The van der Waals surface area contributed by atoms with Gasteiger partial charge in [0.05, 0.1) is 0 Å². The Labute approximate surface area is 119 Å². The van der Waals surface area contributed by atoms with Gasteiger partial charge >= 0.3 is 0 Å². The Morgan fingerprint density at radius 3 is 2.63 bits per heavy atom. The molecule has 0 aromatic heterocycles. The van der Waals surface area contributed by atoms with Crippen molar-refractivity contribution in [2.45, 2.75) is 72.1 Å². The fourth-order valence-electron chi connectivity index (χ4n) is 3.17. The van der Waals surface area contributed by atoms with Crippen molar-refractivity contribution in [3.63, 3.8) is 0 Å². The van der Waals surface area contributed by atoms with Crippen molar-refractivity contribution in [1.29, 1.82) is 0 Å². The summed E-state index contributed by atoms with van der Waals surface area (Å²) in [5.74, 6) is 1.14. The van der Waals surface area contributed by atoms with Gasteiger partial charge < -0.3 is 4.90 Å². The van der Waals surface area contributed by atoms with Crippen molar-refractivity contribution in [3.8, 4) is 0 Å². The number of allylic oxidation sites excluding steroid dienone is 2. The summed E-state index contributed by atoms with van der Waals surface area (Å²) in [7, 11) is 0. The fourth-order valence-corrected chi connectivity index (χ4v) is 3.17. The second-order valence-corrected chi connectivity index (χ2v) is 5.57. The molecule has 0 radical (unpaired) electrons. The second-order valence-electron chi connectivity index (χ2n) is 5.57. The van der Waals surface area contributed by atoms with E-state index in [1.807, 2.05) is 4.90 Å². The minimum Gasteiger partial charge on any atom is -0.343 e. The van der Waals surface area contributed by atoms with Crippen molar-refractivity contribution in [1.82, 2.24) is 4.90 Å². The van der Waals surface area contributed by atoms with Gasteiger partial charge in [0.1, 0.15) is 0 Å². The first-order valence-electron chi connectivity index (χ1n) is 8.19. The summed E-state index contributed by atoms with van der Waals surface area (Å²) < 4.78 is 0. The van der Waals surface area contributed by atoms with Gasteiger partial charge in [-0.3, -0.25) is 4.79 Å². The van der Waals surface area contributed by atoms with Crippen LogP contribution in [0, 0.1) is 5.92 Å². The molecule has 0 aromatic carbocycles. The molecule has 19 heavy (non-hydrogen) atoms. The zero-order chi connectivity index (χ0) is 14.1. The third kappa shape index (κ3) is 5.38. The van der Waals surface area contributed by atoms with Crippen LogP contribution in [0.2, 0.25) is 0 Å². The predicted octanol–water partition coefficient (Wildman–Crippen LogP) is 4.55. The molecule has 1 atom stereocenters. The lowest BCUT2D eigenvalue weighted by Crippen LogP contribution is -2.30. The van der Waals surface area contributed by atoms with Gasteiger partial charge in [-0.2, -0.15) is 0 Å². The molecule has 0 N–H and O–H groups in total. The van der Waals surface area contributed by atoms with Crippen molar-refractivity contribution in [2.75, 3.05) is 13.1 Å². The number of carbonyl (C=O) groups is 1. The molecule has 1 unspecified atom stereocenters. The Hall–Kier alpha value is -0.790. The molecule has 0 heterocycles. The quantitative estimate of drug-likeness (QED) is 0.465. The lowest BCUT2D eigenvalue weighted by molar-refractivity contribution is -0.130. The third-order valence-corrected chi connectivity index (χ3v) is 4.41. The second kappa shape index (κ2) is 9.17. The van der Waals surface area contributed by atoms with Crippen LogP contribution in [0.1, 0.15) is 72.1 Å². The molecular formula is C17H31NO. The number of unbranched alkanes of at least 4 members (excludes halogenated alkanes) is 1. The molecule has 1 aliphatic rings. The average Bonchev–Trinajstić information content (AvgIpc) is 2.45. The first-order valence-corrected chi connectivity index (χ1v) is 8.19. The van der Waals surface area contributed by atoms with Gasteiger partial charge in [0.25, 0.3) is 0 Å². The molecule has 110 valence electrons. The average molecular weight is 265 g/mol. The van der Waals surface area contributed by atoms with Gasteiger partial charge in [-0.25, -0.2) is 0 Å². The Morgan fingerprint density at radius 1 is 1.26 bits per heavy atom. The van der Waals surface area contributed by atoms with E-state index in [9.17, 15) is 4.79 Å². The Kier molecular flexibility index (Phi) is 7.85. The van der Waals surface area contributed by atoms with E-state index < -0.39 is 0 Å². The van der Waals surface area contributed by atoms with E-state index in [-0.39, 0.29) is 0 Å².